The molecule has 0 radical (unpaired) electrons. The summed E-state index contributed by atoms with van der Waals surface area (Å²) in [7, 11) is 0. The Morgan fingerprint density at radius 1 is 0.964 bits per heavy atom. The maximum Gasteiger partial charge on any atom is 0.322 e. The van der Waals surface area contributed by atoms with Gasteiger partial charge in [-0.15, -0.1) is 0 Å². The van der Waals surface area contributed by atoms with E-state index in [-0.39, 0.29) is 18.9 Å². The number of hydrogen-bond acceptors (Lipinski definition) is 4. The van der Waals surface area contributed by atoms with Gasteiger partial charge in [0.1, 0.15) is 18.4 Å². The van der Waals surface area contributed by atoms with Crippen LogP contribution in [0, 0.1) is 0 Å². The minimum absolute atomic E-state index is 0.0961. The van der Waals surface area contributed by atoms with Crippen LogP contribution in [0.3, 0.4) is 0 Å². The van der Waals surface area contributed by atoms with E-state index in [1.54, 1.807) is 0 Å². The highest BCUT2D eigenvalue weighted by atomic mass is 16.5. The lowest BCUT2D eigenvalue weighted by molar-refractivity contribution is -0.138. The highest BCUT2D eigenvalue weighted by Crippen LogP contribution is 2.18. The predicted molar refractivity (Wildman–Crippen MR) is 107 cm³/mol. The summed E-state index contributed by atoms with van der Waals surface area (Å²) >= 11 is 0. The molecule has 0 aliphatic carbocycles. The molecular formula is C22H22N2O4. The van der Waals surface area contributed by atoms with E-state index in [1.807, 2.05) is 42.5 Å². The normalized spacial score (nSPS) is 11.8. The van der Waals surface area contributed by atoms with Crippen molar-refractivity contribution < 1.29 is 19.4 Å². The van der Waals surface area contributed by atoms with E-state index < -0.39 is 12.0 Å². The fraction of sp³-hybridized carbons (Fsp3) is 0.182. The summed E-state index contributed by atoms with van der Waals surface area (Å²) in [6.07, 6.45) is 0.150. The smallest absolute Gasteiger partial charge is 0.322 e. The molecule has 0 aliphatic heterocycles. The predicted octanol–water partition coefficient (Wildman–Crippen LogP) is 2.49. The Morgan fingerprint density at radius 3 is 2.36 bits per heavy atom. The number of carbonyl (C=O) groups is 2. The molecule has 144 valence electrons. The average molecular weight is 378 g/mol. The summed E-state index contributed by atoms with van der Waals surface area (Å²) in [6, 6.07) is 20.5. The molecule has 6 nitrogen and oxygen atoms in total. The number of nitrogens with two attached hydrogens (primary N) is 1. The molecule has 28 heavy (non-hydrogen) atoms. The first kappa shape index (κ1) is 19.4. The SMILES string of the molecule is N[C@@H](CNC(=O)Cc1ccc(OCc2ccc3ccccc3c2)cc1)C(=O)O. The monoisotopic (exact) mass is 378 g/mol. The summed E-state index contributed by atoms with van der Waals surface area (Å²) in [5.41, 5.74) is 7.24. The molecule has 0 spiro atoms. The van der Waals surface area contributed by atoms with Gasteiger partial charge < -0.3 is 20.9 Å². The lowest BCUT2D eigenvalue weighted by Gasteiger charge is -2.10. The fourth-order valence-electron chi connectivity index (χ4n) is 2.76. The molecule has 0 unspecified atom stereocenters. The van der Waals surface area contributed by atoms with Gasteiger partial charge in [-0.25, -0.2) is 0 Å². The van der Waals surface area contributed by atoms with Crippen LogP contribution in [-0.4, -0.2) is 29.6 Å². The molecule has 4 N–H and O–H groups in total. The average Bonchev–Trinajstić information content (AvgIpc) is 2.71. The molecule has 0 aromatic heterocycles. The second kappa shape index (κ2) is 9.01. The van der Waals surface area contributed by atoms with Gasteiger partial charge in [0.2, 0.25) is 5.91 Å². The maximum atomic E-state index is 11.9. The van der Waals surface area contributed by atoms with E-state index in [4.69, 9.17) is 15.6 Å². The highest BCUT2D eigenvalue weighted by Gasteiger charge is 2.12. The Hall–Kier alpha value is -3.38. The first-order valence-electron chi connectivity index (χ1n) is 8.96. The van der Waals surface area contributed by atoms with Crippen molar-refractivity contribution in [2.24, 2.45) is 5.73 Å². The van der Waals surface area contributed by atoms with Crippen LogP contribution >= 0.6 is 0 Å². The van der Waals surface area contributed by atoms with Crippen molar-refractivity contribution in [3.05, 3.63) is 77.9 Å². The van der Waals surface area contributed by atoms with Crippen LogP contribution in [0.15, 0.2) is 66.7 Å². The minimum atomic E-state index is -1.15. The van der Waals surface area contributed by atoms with Crippen molar-refractivity contribution in [2.75, 3.05) is 6.54 Å². The molecule has 0 aliphatic rings. The van der Waals surface area contributed by atoms with Crippen molar-refractivity contribution in [3.63, 3.8) is 0 Å². The Labute approximate surface area is 162 Å². The molecule has 3 aromatic carbocycles. The Balaban J connectivity index is 1.51. The van der Waals surface area contributed by atoms with Gasteiger partial charge in [-0.05, 0) is 40.1 Å². The van der Waals surface area contributed by atoms with Crippen LogP contribution in [0.1, 0.15) is 11.1 Å². The summed E-state index contributed by atoms with van der Waals surface area (Å²) in [4.78, 5) is 22.5. The zero-order valence-corrected chi connectivity index (χ0v) is 15.3. The Morgan fingerprint density at radius 2 is 1.64 bits per heavy atom. The topological polar surface area (TPSA) is 102 Å². The molecule has 1 amide bonds. The van der Waals surface area contributed by atoms with Gasteiger partial charge in [0.15, 0.2) is 0 Å². The van der Waals surface area contributed by atoms with Gasteiger partial charge in [0.25, 0.3) is 0 Å². The highest BCUT2D eigenvalue weighted by molar-refractivity contribution is 5.83. The first-order valence-corrected chi connectivity index (χ1v) is 8.96. The number of amides is 1. The molecule has 0 saturated heterocycles. The van der Waals surface area contributed by atoms with Gasteiger partial charge >= 0.3 is 5.97 Å². The first-order chi connectivity index (χ1) is 13.5. The maximum absolute atomic E-state index is 11.9. The Bertz CT molecular complexity index is 970. The van der Waals surface area contributed by atoms with Crippen molar-refractivity contribution in [1.82, 2.24) is 5.32 Å². The number of carboxylic acids is 1. The lowest BCUT2D eigenvalue weighted by Crippen LogP contribution is -2.42. The second-order valence-corrected chi connectivity index (χ2v) is 6.54. The van der Waals surface area contributed by atoms with Crippen LogP contribution in [0.5, 0.6) is 5.75 Å². The number of nitrogens with one attached hydrogen (secondary N) is 1. The minimum Gasteiger partial charge on any atom is -0.489 e. The molecule has 0 heterocycles. The molecule has 0 fully saturated rings. The number of rotatable bonds is 8. The number of carbonyl (C=O) groups excluding carboxylic acids is 1. The molecule has 3 aromatic rings. The molecular weight excluding hydrogens is 356 g/mol. The fourth-order valence-corrected chi connectivity index (χ4v) is 2.76. The third-order valence-corrected chi connectivity index (χ3v) is 4.34. The largest absolute Gasteiger partial charge is 0.489 e. The third kappa shape index (κ3) is 5.31. The zero-order chi connectivity index (χ0) is 19.9. The molecule has 3 rings (SSSR count). The van der Waals surface area contributed by atoms with Gasteiger partial charge in [0.05, 0.1) is 6.42 Å². The quantitative estimate of drug-likeness (QED) is 0.559. The number of aliphatic carboxylic acids is 1. The number of benzene rings is 3. The summed E-state index contributed by atoms with van der Waals surface area (Å²) < 4.78 is 5.82. The van der Waals surface area contributed by atoms with E-state index in [9.17, 15) is 9.59 Å². The van der Waals surface area contributed by atoms with Crippen LogP contribution in [0.2, 0.25) is 0 Å². The number of carboxylic acid groups (broad SMARTS) is 1. The molecule has 0 bridgehead atoms. The summed E-state index contributed by atoms with van der Waals surface area (Å²) in [5.74, 6) is -0.708. The van der Waals surface area contributed by atoms with Crippen LogP contribution in [-0.2, 0) is 22.6 Å². The van der Waals surface area contributed by atoms with E-state index in [0.717, 1.165) is 11.1 Å². The third-order valence-electron chi connectivity index (χ3n) is 4.34. The zero-order valence-electron chi connectivity index (χ0n) is 15.3. The summed E-state index contributed by atoms with van der Waals surface area (Å²) in [5, 5.41) is 13.6. The van der Waals surface area contributed by atoms with Crippen molar-refractivity contribution in [3.8, 4) is 5.75 Å². The Kier molecular flexibility index (Phi) is 6.24. The molecule has 1 atom stereocenters. The lowest BCUT2D eigenvalue weighted by atomic mass is 10.1. The van der Waals surface area contributed by atoms with Crippen LogP contribution < -0.4 is 15.8 Å². The van der Waals surface area contributed by atoms with Gasteiger partial charge in [-0.2, -0.15) is 0 Å². The molecule has 0 saturated carbocycles. The van der Waals surface area contributed by atoms with Crippen LogP contribution in [0.4, 0.5) is 0 Å². The van der Waals surface area contributed by atoms with Crippen LogP contribution in [0.25, 0.3) is 10.8 Å². The second-order valence-electron chi connectivity index (χ2n) is 6.54. The number of fused-ring (bicyclic) bond motifs is 1. The number of hydrogen-bond donors (Lipinski definition) is 3. The van der Waals surface area contributed by atoms with E-state index in [1.165, 1.54) is 10.8 Å². The van der Waals surface area contributed by atoms with E-state index in [0.29, 0.717) is 12.4 Å². The van der Waals surface area contributed by atoms with E-state index in [2.05, 4.69) is 29.6 Å². The standard InChI is InChI=1S/C22H22N2O4/c23-20(22(26)27)13-24-21(25)12-15-6-9-19(10-7-15)28-14-16-5-8-17-3-1-2-4-18(17)11-16/h1-11,20H,12-14,23H2,(H,24,25)(H,26,27)/t20-/m0/s1. The van der Waals surface area contributed by atoms with Gasteiger partial charge in [0, 0.05) is 6.54 Å². The number of ether oxygens (including phenoxy) is 1. The summed E-state index contributed by atoms with van der Waals surface area (Å²) in [6.45, 7) is 0.360. The molecule has 6 heteroatoms. The van der Waals surface area contributed by atoms with Crippen molar-refractivity contribution >= 4 is 22.6 Å². The van der Waals surface area contributed by atoms with E-state index >= 15 is 0 Å². The van der Waals surface area contributed by atoms with Gasteiger partial charge in [-0.3, -0.25) is 9.59 Å². The van der Waals surface area contributed by atoms with Crippen molar-refractivity contribution in [2.45, 2.75) is 19.1 Å². The van der Waals surface area contributed by atoms with Gasteiger partial charge in [-0.1, -0.05) is 48.5 Å². The van der Waals surface area contributed by atoms with Crippen molar-refractivity contribution in [1.29, 1.82) is 0 Å².